The minimum absolute atomic E-state index is 0.687. The second kappa shape index (κ2) is 7.70. The smallest absolute Gasteiger partial charge is 0.166 e. The molecule has 0 fully saturated rings. The number of thioether (sulfide) groups is 1. The lowest BCUT2D eigenvalue weighted by atomic mass is 10.3. The zero-order chi connectivity index (χ0) is 13.5. The largest absolute Gasteiger partial charge is 0.494 e. The molecule has 104 valence electrons. The van der Waals surface area contributed by atoms with Crippen LogP contribution >= 0.6 is 24.4 Å². The van der Waals surface area contributed by atoms with Crippen LogP contribution in [0.5, 0.6) is 5.75 Å². The van der Waals surface area contributed by atoms with E-state index in [0.29, 0.717) is 6.61 Å². The highest BCUT2D eigenvalue weighted by Gasteiger charge is 2.04. The number of unbranched alkanes of at least 4 members (excludes halogenated alkanes) is 2. The van der Waals surface area contributed by atoms with Crippen molar-refractivity contribution in [3.05, 3.63) is 18.2 Å². The third kappa shape index (κ3) is 4.35. The minimum Gasteiger partial charge on any atom is -0.494 e. The van der Waals surface area contributed by atoms with Crippen LogP contribution in [0.25, 0.3) is 11.0 Å². The quantitative estimate of drug-likeness (QED) is 0.436. The van der Waals surface area contributed by atoms with Crippen LogP contribution in [0.15, 0.2) is 23.4 Å². The lowest BCUT2D eigenvalue weighted by Gasteiger charge is -2.00. The van der Waals surface area contributed by atoms with E-state index in [9.17, 15) is 0 Å². The zero-order valence-corrected chi connectivity index (χ0v) is 12.9. The third-order valence-corrected chi connectivity index (χ3v) is 4.06. The van der Waals surface area contributed by atoms with E-state index in [2.05, 4.69) is 22.6 Å². The maximum Gasteiger partial charge on any atom is 0.166 e. The minimum atomic E-state index is 0.687. The number of ether oxygens (including phenoxy) is 1. The molecule has 2 rings (SSSR count). The zero-order valence-electron chi connectivity index (χ0n) is 11.2. The number of imidazole rings is 1. The van der Waals surface area contributed by atoms with Gasteiger partial charge in [0.05, 0.1) is 17.6 Å². The second-order valence-corrected chi connectivity index (χ2v) is 5.82. The number of aromatic amines is 1. The SMILES string of the molecule is CCOc1ccc2nc(SCCCCCS)[nH]c2c1. The first-order valence-corrected chi connectivity index (χ1v) is 8.31. The van der Waals surface area contributed by atoms with Crippen molar-refractivity contribution in [2.75, 3.05) is 18.1 Å². The highest BCUT2D eigenvalue weighted by molar-refractivity contribution is 7.99. The lowest BCUT2D eigenvalue weighted by molar-refractivity contribution is 0.340. The molecular formula is C14H20N2OS2. The molecule has 19 heavy (non-hydrogen) atoms. The van der Waals surface area contributed by atoms with Crippen molar-refractivity contribution in [2.24, 2.45) is 0 Å². The molecular weight excluding hydrogens is 276 g/mol. The summed E-state index contributed by atoms with van der Waals surface area (Å²) in [6, 6.07) is 5.98. The normalized spacial score (nSPS) is 11.1. The molecule has 1 heterocycles. The Kier molecular flexibility index (Phi) is 5.92. The van der Waals surface area contributed by atoms with Gasteiger partial charge in [0.15, 0.2) is 5.16 Å². The third-order valence-electron chi connectivity index (χ3n) is 2.78. The summed E-state index contributed by atoms with van der Waals surface area (Å²) >= 11 is 6.00. The Labute approximate surface area is 123 Å². The molecule has 3 nitrogen and oxygen atoms in total. The van der Waals surface area contributed by atoms with Gasteiger partial charge >= 0.3 is 0 Å². The molecule has 0 aliphatic rings. The molecule has 0 amide bonds. The molecule has 0 saturated heterocycles. The first-order valence-electron chi connectivity index (χ1n) is 6.69. The molecule has 0 atom stereocenters. The fourth-order valence-corrected chi connectivity index (χ4v) is 2.96. The molecule has 5 heteroatoms. The molecule has 1 N–H and O–H groups in total. The van der Waals surface area contributed by atoms with Crippen molar-refractivity contribution >= 4 is 35.4 Å². The van der Waals surface area contributed by atoms with Crippen LogP contribution in [0.3, 0.4) is 0 Å². The standard InChI is InChI=1S/C14H20N2OS2/c1-2-17-11-6-7-12-13(10-11)16-14(15-12)19-9-5-3-4-8-18/h6-7,10,18H,2-5,8-9H2,1H3,(H,15,16). The summed E-state index contributed by atoms with van der Waals surface area (Å²) in [6.45, 7) is 2.68. The van der Waals surface area contributed by atoms with Gasteiger partial charge in [-0.3, -0.25) is 0 Å². The molecule has 0 radical (unpaired) electrons. The molecule has 0 aliphatic heterocycles. The van der Waals surface area contributed by atoms with Crippen LogP contribution in [0, 0.1) is 0 Å². The van der Waals surface area contributed by atoms with Gasteiger partial charge in [-0.1, -0.05) is 18.2 Å². The number of hydrogen-bond acceptors (Lipinski definition) is 4. The monoisotopic (exact) mass is 296 g/mol. The molecule has 0 saturated carbocycles. The van der Waals surface area contributed by atoms with Crippen molar-refractivity contribution in [3.8, 4) is 5.75 Å². The van der Waals surface area contributed by atoms with Crippen LogP contribution in [0.1, 0.15) is 26.2 Å². The molecule has 0 aliphatic carbocycles. The number of thiol groups is 1. The molecule has 0 spiro atoms. The van der Waals surface area contributed by atoms with Gasteiger partial charge in [0.1, 0.15) is 5.75 Å². The summed E-state index contributed by atoms with van der Waals surface area (Å²) in [5, 5.41) is 0.995. The number of H-pyrrole nitrogens is 1. The van der Waals surface area contributed by atoms with Gasteiger partial charge < -0.3 is 9.72 Å². The van der Waals surface area contributed by atoms with E-state index >= 15 is 0 Å². The van der Waals surface area contributed by atoms with Crippen molar-refractivity contribution < 1.29 is 4.74 Å². The van der Waals surface area contributed by atoms with Crippen molar-refractivity contribution in [3.63, 3.8) is 0 Å². The number of nitrogens with one attached hydrogen (secondary N) is 1. The molecule has 1 aromatic carbocycles. The Morgan fingerprint density at radius 2 is 2.21 bits per heavy atom. The average molecular weight is 296 g/mol. The van der Waals surface area contributed by atoms with Crippen molar-refractivity contribution in [2.45, 2.75) is 31.3 Å². The van der Waals surface area contributed by atoms with E-state index in [4.69, 9.17) is 4.74 Å². The van der Waals surface area contributed by atoms with Crippen LogP contribution in [-0.2, 0) is 0 Å². The van der Waals surface area contributed by atoms with Crippen molar-refractivity contribution in [1.82, 2.24) is 9.97 Å². The number of nitrogens with zero attached hydrogens (tertiary/aromatic N) is 1. The fraction of sp³-hybridized carbons (Fsp3) is 0.500. The predicted molar refractivity (Wildman–Crippen MR) is 85.7 cm³/mol. The van der Waals surface area contributed by atoms with E-state index in [-0.39, 0.29) is 0 Å². The van der Waals surface area contributed by atoms with Gasteiger partial charge in [-0.15, -0.1) is 0 Å². The van der Waals surface area contributed by atoms with E-state index in [1.807, 2.05) is 25.1 Å². The summed E-state index contributed by atoms with van der Waals surface area (Å²) in [4.78, 5) is 7.91. The summed E-state index contributed by atoms with van der Waals surface area (Å²) in [5.41, 5.74) is 2.05. The molecule has 0 unspecified atom stereocenters. The van der Waals surface area contributed by atoms with Gasteiger partial charge in [-0.05, 0) is 37.7 Å². The molecule has 1 aromatic heterocycles. The Balaban J connectivity index is 1.93. The second-order valence-electron chi connectivity index (χ2n) is 4.29. The number of rotatable bonds is 8. The summed E-state index contributed by atoms with van der Waals surface area (Å²) in [6.07, 6.45) is 3.65. The summed E-state index contributed by atoms with van der Waals surface area (Å²) in [7, 11) is 0. The first-order chi connectivity index (χ1) is 9.33. The summed E-state index contributed by atoms with van der Waals surface area (Å²) in [5.74, 6) is 2.98. The molecule has 2 aromatic rings. The fourth-order valence-electron chi connectivity index (χ4n) is 1.85. The lowest BCUT2D eigenvalue weighted by Crippen LogP contribution is -1.90. The van der Waals surface area contributed by atoms with Gasteiger partial charge in [-0.25, -0.2) is 4.98 Å². The Morgan fingerprint density at radius 3 is 3.00 bits per heavy atom. The van der Waals surface area contributed by atoms with Crippen molar-refractivity contribution in [1.29, 1.82) is 0 Å². The van der Waals surface area contributed by atoms with Gasteiger partial charge in [0, 0.05) is 11.8 Å². The maximum absolute atomic E-state index is 5.49. The number of fused-ring (bicyclic) bond motifs is 1. The van der Waals surface area contributed by atoms with E-state index in [1.165, 1.54) is 19.3 Å². The highest BCUT2D eigenvalue weighted by atomic mass is 32.2. The van der Waals surface area contributed by atoms with Crippen LogP contribution in [-0.4, -0.2) is 28.1 Å². The van der Waals surface area contributed by atoms with Crippen LogP contribution in [0.2, 0.25) is 0 Å². The Hall–Kier alpha value is -0.810. The number of hydrogen-bond donors (Lipinski definition) is 2. The van der Waals surface area contributed by atoms with Gasteiger partial charge in [0.2, 0.25) is 0 Å². The predicted octanol–water partition coefficient (Wildman–Crippen LogP) is 4.15. The van der Waals surface area contributed by atoms with Crippen LogP contribution < -0.4 is 4.74 Å². The summed E-state index contributed by atoms with van der Waals surface area (Å²) < 4.78 is 5.49. The van der Waals surface area contributed by atoms with Gasteiger partial charge in [0.25, 0.3) is 0 Å². The number of aromatic nitrogens is 2. The first kappa shape index (κ1) is 14.6. The topological polar surface area (TPSA) is 37.9 Å². The van der Waals surface area contributed by atoms with Gasteiger partial charge in [-0.2, -0.15) is 12.6 Å². The highest BCUT2D eigenvalue weighted by Crippen LogP contribution is 2.24. The Morgan fingerprint density at radius 1 is 1.32 bits per heavy atom. The van der Waals surface area contributed by atoms with E-state index < -0.39 is 0 Å². The van der Waals surface area contributed by atoms with E-state index in [1.54, 1.807) is 11.8 Å². The maximum atomic E-state index is 5.49. The average Bonchev–Trinajstić information content (AvgIpc) is 2.81. The van der Waals surface area contributed by atoms with Crippen LogP contribution in [0.4, 0.5) is 0 Å². The number of benzene rings is 1. The Bertz CT molecular complexity index is 513. The molecule has 0 bridgehead atoms. The van der Waals surface area contributed by atoms with E-state index in [0.717, 1.165) is 33.4 Å².